The number of carbonyl (C=O) groups is 1. The van der Waals surface area contributed by atoms with Crippen molar-refractivity contribution >= 4 is 16.9 Å². The van der Waals surface area contributed by atoms with Gasteiger partial charge in [-0.05, 0) is 42.6 Å². The van der Waals surface area contributed by atoms with Crippen LogP contribution in [-0.2, 0) is 6.54 Å². The predicted molar refractivity (Wildman–Crippen MR) is 73.6 cm³/mol. The van der Waals surface area contributed by atoms with E-state index in [0.717, 1.165) is 37.0 Å². The molecule has 1 aromatic heterocycles. The average Bonchev–Trinajstić information content (AvgIpc) is 3.04. The molecule has 5 nitrogen and oxygen atoms in total. The summed E-state index contributed by atoms with van der Waals surface area (Å²) in [6.07, 6.45) is 1.04. The summed E-state index contributed by atoms with van der Waals surface area (Å²) in [5.74, 6) is -0.696. The van der Waals surface area contributed by atoms with Crippen molar-refractivity contribution in [2.24, 2.45) is 5.92 Å². The number of fused-ring (bicyclic) bond motifs is 1. The van der Waals surface area contributed by atoms with Gasteiger partial charge >= 0.3 is 5.97 Å². The number of nitrogens with zero attached hydrogens (tertiary/aromatic N) is 1. The molecule has 1 aliphatic rings. The van der Waals surface area contributed by atoms with Crippen molar-refractivity contribution in [2.75, 3.05) is 19.7 Å². The number of aromatic carboxylic acids is 1. The Morgan fingerprint density at radius 3 is 2.95 bits per heavy atom. The van der Waals surface area contributed by atoms with Crippen LogP contribution in [-0.4, -0.2) is 40.8 Å². The number of carboxylic acids is 1. The van der Waals surface area contributed by atoms with Crippen molar-refractivity contribution in [1.82, 2.24) is 4.90 Å². The summed E-state index contributed by atoms with van der Waals surface area (Å²) in [7, 11) is 0. The summed E-state index contributed by atoms with van der Waals surface area (Å²) in [5.41, 5.74) is 1.73. The van der Waals surface area contributed by atoms with E-state index in [1.807, 2.05) is 18.2 Å². The minimum Gasteiger partial charge on any atom is -0.475 e. The number of benzene rings is 1. The molecule has 2 aromatic rings. The van der Waals surface area contributed by atoms with Crippen LogP contribution in [0.4, 0.5) is 0 Å². The highest BCUT2D eigenvalue weighted by atomic mass is 16.4. The Bertz CT molecular complexity index is 634. The highest BCUT2D eigenvalue weighted by molar-refractivity contribution is 5.91. The molecular formula is C15H17NO4. The number of aliphatic hydroxyl groups is 1. The number of rotatable bonds is 4. The Morgan fingerprint density at radius 2 is 2.25 bits per heavy atom. The molecule has 1 atom stereocenters. The van der Waals surface area contributed by atoms with Crippen molar-refractivity contribution in [3.8, 4) is 0 Å². The third-order valence-electron chi connectivity index (χ3n) is 3.83. The van der Waals surface area contributed by atoms with Crippen LogP contribution in [0.3, 0.4) is 0 Å². The summed E-state index contributed by atoms with van der Waals surface area (Å²) in [6, 6.07) is 7.31. The van der Waals surface area contributed by atoms with E-state index in [-0.39, 0.29) is 12.4 Å². The Hall–Kier alpha value is -1.85. The van der Waals surface area contributed by atoms with Gasteiger partial charge in [-0.25, -0.2) is 4.79 Å². The van der Waals surface area contributed by atoms with E-state index >= 15 is 0 Å². The third-order valence-corrected chi connectivity index (χ3v) is 3.83. The minimum atomic E-state index is -1.05. The number of aliphatic hydroxyl groups excluding tert-OH is 1. The molecular weight excluding hydrogens is 258 g/mol. The third kappa shape index (κ3) is 2.55. The van der Waals surface area contributed by atoms with Gasteiger partial charge in [0.05, 0.1) is 0 Å². The van der Waals surface area contributed by atoms with Crippen molar-refractivity contribution in [3.63, 3.8) is 0 Å². The molecule has 1 aliphatic heterocycles. The molecule has 1 unspecified atom stereocenters. The molecule has 2 N–H and O–H groups in total. The highest BCUT2D eigenvalue weighted by Crippen LogP contribution is 2.23. The van der Waals surface area contributed by atoms with Gasteiger partial charge in [0.1, 0.15) is 5.58 Å². The summed E-state index contributed by atoms with van der Waals surface area (Å²) >= 11 is 0. The van der Waals surface area contributed by atoms with Crippen molar-refractivity contribution in [1.29, 1.82) is 0 Å². The number of hydrogen-bond donors (Lipinski definition) is 2. The predicted octanol–water partition coefficient (Wildman–Crippen LogP) is 1.95. The first kappa shape index (κ1) is 13.1. The molecule has 2 heterocycles. The van der Waals surface area contributed by atoms with Gasteiger partial charge in [0.25, 0.3) is 0 Å². The zero-order valence-corrected chi connectivity index (χ0v) is 11.1. The van der Waals surface area contributed by atoms with Crippen LogP contribution in [0.1, 0.15) is 22.5 Å². The van der Waals surface area contributed by atoms with Crippen LogP contribution >= 0.6 is 0 Å². The van der Waals surface area contributed by atoms with Crippen LogP contribution < -0.4 is 0 Å². The van der Waals surface area contributed by atoms with Crippen molar-refractivity contribution in [2.45, 2.75) is 13.0 Å². The van der Waals surface area contributed by atoms with E-state index in [4.69, 9.17) is 14.6 Å². The molecule has 0 saturated carbocycles. The standard InChI is InChI=1S/C15H17NO4/c17-9-11-3-4-16(8-11)7-10-1-2-13-12(5-10)6-14(20-13)15(18)19/h1-2,5-6,11,17H,3-4,7-9H2,(H,18,19). The second-order valence-electron chi connectivity index (χ2n) is 5.36. The van der Waals surface area contributed by atoms with Gasteiger partial charge in [-0.1, -0.05) is 6.07 Å². The maximum absolute atomic E-state index is 10.9. The largest absolute Gasteiger partial charge is 0.475 e. The molecule has 1 fully saturated rings. The summed E-state index contributed by atoms with van der Waals surface area (Å²) < 4.78 is 5.24. The molecule has 0 amide bonds. The van der Waals surface area contributed by atoms with Gasteiger partial charge < -0.3 is 14.6 Å². The van der Waals surface area contributed by atoms with Crippen LogP contribution in [0.25, 0.3) is 11.0 Å². The van der Waals surface area contributed by atoms with Crippen LogP contribution in [0.5, 0.6) is 0 Å². The molecule has 0 aliphatic carbocycles. The van der Waals surface area contributed by atoms with Gasteiger partial charge in [0.15, 0.2) is 0 Å². The quantitative estimate of drug-likeness (QED) is 0.892. The normalized spacial score (nSPS) is 19.8. The Kier molecular flexibility index (Phi) is 3.46. The van der Waals surface area contributed by atoms with E-state index in [2.05, 4.69) is 4.90 Å². The first-order chi connectivity index (χ1) is 9.65. The second kappa shape index (κ2) is 5.26. The average molecular weight is 275 g/mol. The fourth-order valence-electron chi connectivity index (χ4n) is 2.76. The van der Waals surface area contributed by atoms with E-state index in [0.29, 0.717) is 11.5 Å². The van der Waals surface area contributed by atoms with Crippen LogP contribution in [0.2, 0.25) is 0 Å². The number of furan rings is 1. The second-order valence-corrected chi connectivity index (χ2v) is 5.36. The molecule has 5 heteroatoms. The molecule has 0 bridgehead atoms. The van der Waals surface area contributed by atoms with Gasteiger partial charge in [-0.2, -0.15) is 0 Å². The van der Waals surface area contributed by atoms with E-state index < -0.39 is 5.97 Å². The maximum Gasteiger partial charge on any atom is 0.371 e. The lowest BCUT2D eigenvalue weighted by molar-refractivity contribution is 0.0665. The SMILES string of the molecule is O=C(O)c1cc2cc(CN3CCC(CO)C3)ccc2o1. The summed E-state index contributed by atoms with van der Waals surface area (Å²) in [5, 5.41) is 18.9. The molecule has 20 heavy (non-hydrogen) atoms. The fraction of sp³-hybridized carbons (Fsp3) is 0.400. The smallest absolute Gasteiger partial charge is 0.371 e. The zero-order valence-electron chi connectivity index (χ0n) is 11.1. The van der Waals surface area contributed by atoms with E-state index in [9.17, 15) is 4.79 Å². The molecule has 106 valence electrons. The number of carboxylic acid groups (broad SMARTS) is 1. The van der Waals surface area contributed by atoms with E-state index in [1.54, 1.807) is 6.07 Å². The Balaban J connectivity index is 1.77. The molecule has 1 aromatic carbocycles. The summed E-state index contributed by atoms with van der Waals surface area (Å²) in [4.78, 5) is 13.2. The zero-order chi connectivity index (χ0) is 14.1. The van der Waals surface area contributed by atoms with Gasteiger partial charge in [0.2, 0.25) is 5.76 Å². The molecule has 0 spiro atoms. The first-order valence-electron chi connectivity index (χ1n) is 6.74. The molecule has 1 saturated heterocycles. The Morgan fingerprint density at radius 1 is 1.40 bits per heavy atom. The van der Waals surface area contributed by atoms with Crippen LogP contribution in [0, 0.1) is 5.92 Å². The first-order valence-corrected chi connectivity index (χ1v) is 6.74. The topological polar surface area (TPSA) is 73.9 Å². The fourth-order valence-corrected chi connectivity index (χ4v) is 2.76. The molecule has 0 radical (unpaired) electrons. The summed E-state index contributed by atoms with van der Waals surface area (Å²) in [6.45, 7) is 2.98. The lowest BCUT2D eigenvalue weighted by Crippen LogP contribution is -2.20. The van der Waals surface area contributed by atoms with Gasteiger partial charge in [-0.3, -0.25) is 4.90 Å². The number of likely N-dealkylation sites (tertiary alicyclic amines) is 1. The lowest BCUT2D eigenvalue weighted by Gasteiger charge is -2.15. The van der Waals surface area contributed by atoms with Gasteiger partial charge in [-0.15, -0.1) is 0 Å². The monoisotopic (exact) mass is 275 g/mol. The maximum atomic E-state index is 10.9. The number of hydrogen-bond acceptors (Lipinski definition) is 4. The molecule has 3 rings (SSSR count). The Labute approximate surface area is 116 Å². The van der Waals surface area contributed by atoms with Crippen LogP contribution in [0.15, 0.2) is 28.7 Å². The lowest BCUT2D eigenvalue weighted by atomic mass is 10.1. The van der Waals surface area contributed by atoms with Crippen molar-refractivity contribution in [3.05, 3.63) is 35.6 Å². The van der Waals surface area contributed by atoms with Gasteiger partial charge in [0, 0.05) is 25.1 Å². The minimum absolute atomic E-state index is 0.0290. The van der Waals surface area contributed by atoms with Crippen molar-refractivity contribution < 1.29 is 19.4 Å². The highest BCUT2D eigenvalue weighted by Gasteiger charge is 2.21. The van der Waals surface area contributed by atoms with E-state index in [1.165, 1.54) is 0 Å².